The van der Waals surface area contributed by atoms with Gasteiger partial charge in [0, 0.05) is 12.1 Å². The van der Waals surface area contributed by atoms with Crippen molar-refractivity contribution in [3.63, 3.8) is 0 Å². The van der Waals surface area contributed by atoms with Gasteiger partial charge < -0.3 is 4.74 Å². The first-order chi connectivity index (χ1) is 15.7. The lowest BCUT2D eigenvalue weighted by Gasteiger charge is -2.29. The third-order valence-corrected chi connectivity index (χ3v) is 6.02. The van der Waals surface area contributed by atoms with Gasteiger partial charge in [-0.1, -0.05) is 12.2 Å². The quantitative estimate of drug-likeness (QED) is 0.307. The van der Waals surface area contributed by atoms with Crippen LogP contribution >= 0.6 is 0 Å². The van der Waals surface area contributed by atoms with Crippen LogP contribution < -0.4 is 4.74 Å². The van der Waals surface area contributed by atoms with Gasteiger partial charge in [0.1, 0.15) is 46.2 Å². The Kier molecular flexibility index (Phi) is 7.72. The SMILES string of the molecule is CC=CCCC1CCC(c2cc(F)c(C(F)(F)Oc3cc(F)c(C#N)c(F)c3)c(F)c2)CC1. The van der Waals surface area contributed by atoms with Gasteiger partial charge in [0.15, 0.2) is 0 Å². The second-order valence-corrected chi connectivity index (χ2v) is 8.22. The number of hydrogen-bond acceptors (Lipinski definition) is 2. The highest BCUT2D eigenvalue weighted by molar-refractivity contribution is 5.39. The summed E-state index contributed by atoms with van der Waals surface area (Å²) in [6.07, 6.45) is 4.76. The van der Waals surface area contributed by atoms with Crippen molar-refractivity contribution < 1.29 is 31.1 Å². The van der Waals surface area contributed by atoms with Crippen LogP contribution in [-0.2, 0) is 6.11 Å². The molecule has 33 heavy (non-hydrogen) atoms. The number of nitrogens with zero attached hydrogens (tertiary/aromatic N) is 1. The van der Waals surface area contributed by atoms with E-state index in [9.17, 15) is 26.3 Å². The van der Waals surface area contributed by atoms with E-state index in [-0.39, 0.29) is 5.92 Å². The summed E-state index contributed by atoms with van der Waals surface area (Å²) in [5.74, 6) is -6.48. The van der Waals surface area contributed by atoms with E-state index < -0.39 is 46.3 Å². The normalized spacial score (nSPS) is 19.0. The number of ether oxygens (including phenoxy) is 1. The van der Waals surface area contributed by atoms with Gasteiger partial charge >= 0.3 is 6.11 Å². The van der Waals surface area contributed by atoms with Gasteiger partial charge in [0.2, 0.25) is 0 Å². The Hall–Kier alpha value is -2.95. The summed E-state index contributed by atoms with van der Waals surface area (Å²) in [5.41, 5.74) is -2.33. The molecule has 1 fully saturated rings. The molecule has 0 saturated heterocycles. The topological polar surface area (TPSA) is 33.0 Å². The molecule has 0 bridgehead atoms. The zero-order chi connectivity index (χ0) is 24.2. The predicted octanol–water partition coefficient (Wildman–Crippen LogP) is 7.87. The molecule has 2 aromatic carbocycles. The van der Waals surface area contributed by atoms with E-state index in [0.717, 1.165) is 37.8 Å². The Bertz CT molecular complexity index is 1020. The fourth-order valence-corrected chi connectivity index (χ4v) is 4.30. The molecule has 0 aromatic heterocycles. The third kappa shape index (κ3) is 5.70. The number of hydrogen-bond donors (Lipinski definition) is 0. The van der Waals surface area contributed by atoms with E-state index in [1.807, 2.05) is 13.0 Å². The first-order valence-corrected chi connectivity index (χ1v) is 10.7. The van der Waals surface area contributed by atoms with Crippen molar-refractivity contribution >= 4 is 0 Å². The van der Waals surface area contributed by atoms with Gasteiger partial charge in [-0.05, 0) is 75.0 Å². The van der Waals surface area contributed by atoms with E-state index in [1.54, 1.807) is 0 Å². The van der Waals surface area contributed by atoms with Crippen LogP contribution in [-0.4, -0.2) is 0 Å². The van der Waals surface area contributed by atoms with Gasteiger partial charge in [-0.15, -0.1) is 0 Å². The van der Waals surface area contributed by atoms with Crippen LogP contribution in [0.15, 0.2) is 36.4 Å². The van der Waals surface area contributed by atoms with Gasteiger partial charge in [0.05, 0.1) is 0 Å². The third-order valence-electron chi connectivity index (χ3n) is 6.02. The minimum Gasteiger partial charge on any atom is -0.429 e. The van der Waals surface area contributed by atoms with E-state index >= 15 is 0 Å². The van der Waals surface area contributed by atoms with Crippen LogP contribution in [0.25, 0.3) is 0 Å². The molecule has 0 amide bonds. The molecule has 2 aromatic rings. The minimum absolute atomic E-state index is 0.141. The predicted molar refractivity (Wildman–Crippen MR) is 111 cm³/mol. The summed E-state index contributed by atoms with van der Waals surface area (Å²) in [6, 6.07) is 3.70. The summed E-state index contributed by atoms with van der Waals surface area (Å²) in [7, 11) is 0. The van der Waals surface area contributed by atoms with Gasteiger partial charge in [-0.25, -0.2) is 17.6 Å². The van der Waals surface area contributed by atoms with Crippen molar-refractivity contribution in [3.8, 4) is 11.8 Å². The second kappa shape index (κ2) is 10.3. The summed E-state index contributed by atoms with van der Waals surface area (Å²) in [6.45, 7) is 1.96. The molecule has 3 rings (SSSR count). The molecule has 0 radical (unpaired) electrons. The number of halogens is 6. The molecular weight excluding hydrogens is 444 g/mol. The number of alkyl halides is 2. The molecule has 1 aliphatic rings. The zero-order valence-electron chi connectivity index (χ0n) is 18.0. The fourth-order valence-electron chi connectivity index (χ4n) is 4.30. The van der Waals surface area contributed by atoms with E-state index in [1.165, 1.54) is 6.07 Å². The standard InChI is InChI=1S/C25H23F6NO/c1-2-3-4-5-15-6-8-16(9-7-15)17-10-22(28)24(23(29)11-17)25(30,31)33-18-12-20(26)19(14-32)21(27)13-18/h2-3,10-13,15-16H,4-9H2,1H3. The number of rotatable bonds is 7. The molecule has 176 valence electrons. The number of nitriles is 1. The Morgan fingerprint density at radius 3 is 2.06 bits per heavy atom. The summed E-state index contributed by atoms with van der Waals surface area (Å²) in [5, 5.41) is 8.65. The monoisotopic (exact) mass is 467 g/mol. The van der Waals surface area contributed by atoms with E-state index in [4.69, 9.17) is 5.26 Å². The van der Waals surface area contributed by atoms with Gasteiger partial charge in [0.25, 0.3) is 0 Å². The molecule has 1 saturated carbocycles. The van der Waals surface area contributed by atoms with Crippen molar-refractivity contribution in [3.05, 3.63) is 76.4 Å². The maximum atomic E-state index is 14.6. The molecule has 2 nitrogen and oxygen atoms in total. The lowest BCUT2D eigenvalue weighted by atomic mass is 9.77. The number of allylic oxidation sites excluding steroid dienone is 2. The van der Waals surface area contributed by atoms with Crippen LogP contribution in [0.1, 0.15) is 68.1 Å². The first-order valence-electron chi connectivity index (χ1n) is 10.7. The lowest BCUT2D eigenvalue weighted by Crippen LogP contribution is -2.26. The Balaban J connectivity index is 1.77. The highest BCUT2D eigenvalue weighted by Crippen LogP contribution is 2.41. The molecule has 1 aliphatic carbocycles. The first kappa shape index (κ1) is 24.7. The highest BCUT2D eigenvalue weighted by atomic mass is 19.3. The van der Waals surface area contributed by atoms with E-state index in [0.29, 0.717) is 36.5 Å². The molecular formula is C25H23F6NO. The highest BCUT2D eigenvalue weighted by Gasteiger charge is 2.42. The average Bonchev–Trinajstić information content (AvgIpc) is 2.73. The molecule has 0 spiro atoms. The van der Waals surface area contributed by atoms with Crippen LogP contribution in [0, 0.1) is 40.5 Å². The zero-order valence-corrected chi connectivity index (χ0v) is 18.0. The van der Waals surface area contributed by atoms with Crippen molar-refractivity contribution in [1.29, 1.82) is 5.26 Å². The average molecular weight is 467 g/mol. The van der Waals surface area contributed by atoms with Crippen LogP contribution in [0.3, 0.4) is 0 Å². The molecule has 0 heterocycles. The molecule has 0 aliphatic heterocycles. The fraction of sp³-hybridized carbons (Fsp3) is 0.400. The molecule has 0 N–H and O–H groups in total. The maximum absolute atomic E-state index is 14.6. The molecule has 0 unspecified atom stereocenters. The van der Waals surface area contributed by atoms with E-state index in [2.05, 4.69) is 10.8 Å². The Labute approximate surface area is 188 Å². The smallest absolute Gasteiger partial charge is 0.429 e. The summed E-state index contributed by atoms with van der Waals surface area (Å²) >= 11 is 0. The van der Waals surface area contributed by atoms with Gasteiger partial charge in [-0.2, -0.15) is 14.0 Å². The van der Waals surface area contributed by atoms with Crippen LogP contribution in [0.5, 0.6) is 5.75 Å². The molecule has 8 heteroatoms. The maximum Gasteiger partial charge on any atom is 0.432 e. The van der Waals surface area contributed by atoms with Crippen molar-refractivity contribution in [2.24, 2.45) is 5.92 Å². The largest absolute Gasteiger partial charge is 0.432 e. The van der Waals surface area contributed by atoms with Crippen LogP contribution in [0.2, 0.25) is 0 Å². The lowest BCUT2D eigenvalue weighted by molar-refractivity contribution is -0.189. The summed E-state index contributed by atoms with van der Waals surface area (Å²) < 4.78 is 90.0. The van der Waals surface area contributed by atoms with Crippen molar-refractivity contribution in [1.82, 2.24) is 0 Å². The number of benzene rings is 2. The molecule has 0 atom stereocenters. The van der Waals surface area contributed by atoms with Crippen LogP contribution in [0.4, 0.5) is 26.3 Å². The minimum atomic E-state index is -4.54. The second-order valence-electron chi connectivity index (χ2n) is 8.22. The Morgan fingerprint density at radius 1 is 0.970 bits per heavy atom. The van der Waals surface area contributed by atoms with Crippen molar-refractivity contribution in [2.75, 3.05) is 0 Å². The van der Waals surface area contributed by atoms with Gasteiger partial charge in [-0.3, -0.25) is 0 Å². The Morgan fingerprint density at radius 2 is 1.55 bits per heavy atom. The van der Waals surface area contributed by atoms with Crippen molar-refractivity contribution in [2.45, 2.75) is 57.5 Å². The summed E-state index contributed by atoms with van der Waals surface area (Å²) in [4.78, 5) is 0.